The average Bonchev–Trinajstić information content (AvgIpc) is 2.48. The molecular weight excluding hydrogens is 340 g/mol. The third kappa shape index (κ3) is 4.24. The van der Waals surface area contributed by atoms with Crippen molar-refractivity contribution in [2.45, 2.75) is 43.5 Å². The van der Waals surface area contributed by atoms with Crippen molar-refractivity contribution in [3.05, 3.63) is 44.0 Å². The summed E-state index contributed by atoms with van der Waals surface area (Å²) in [6, 6.07) is 2.44. The van der Waals surface area contributed by atoms with E-state index in [4.69, 9.17) is 5.73 Å². The molecule has 3 N–H and O–H groups in total. The van der Waals surface area contributed by atoms with Crippen LogP contribution in [-0.2, 0) is 15.8 Å². The fourth-order valence-electron chi connectivity index (χ4n) is 2.82. The number of hydrogen-bond donors (Lipinski definition) is 2. The van der Waals surface area contributed by atoms with Gasteiger partial charge in [0.25, 0.3) is 11.4 Å². The highest BCUT2D eigenvalue weighted by atomic mass is 32.2. The topological polar surface area (TPSA) is 158 Å². The van der Waals surface area contributed by atoms with Gasteiger partial charge in [-0.15, -0.1) is 0 Å². The van der Waals surface area contributed by atoms with Gasteiger partial charge >= 0.3 is 0 Å². The highest BCUT2D eigenvalue weighted by Gasteiger charge is 2.32. The van der Waals surface area contributed by atoms with Crippen molar-refractivity contribution in [2.75, 3.05) is 0 Å². The maximum absolute atomic E-state index is 12.4. The van der Waals surface area contributed by atoms with Gasteiger partial charge in [-0.3, -0.25) is 20.2 Å². The van der Waals surface area contributed by atoms with Crippen LogP contribution in [0.1, 0.15) is 31.2 Å². The Hall–Kier alpha value is -2.11. The zero-order chi connectivity index (χ0) is 17.9. The molecule has 11 heteroatoms. The minimum absolute atomic E-state index is 0.339. The van der Waals surface area contributed by atoms with Crippen molar-refractivity contribution in [1.29, 1.82) is 0 Å². The molecule has 1 aliphatic carbocycles. The van der Waals surface area contributed by atoms with E-state index in [0.29, 0.717) is 12.8 Å². The Morgan fingerprint density at radius 3 is 2.17 bits per heavy atom. The lowest BCUT2D eigenvalue weighted by atomic mass is 9.92. The second-order valence-corrected chi connectivity index (χ2v) is 7.47. The minimum atomic E-state index is -4.02. The molecule has 0 saturated heterocycles. The van der Waals surface area contributed by atoms with E-state index in [-0.39, 0.29) is 6.04 Å². The third-order valence-electron chi connectivity index (χ3n) is 4.00. The number of sulfonamides is 1. The van der Waals surface area contributed by atoms with E-state index in [1.54, 1.807) is 0 Å². The van der Waals surface area contributed by atoms with Gasteiger partial charge in [-0.05, 0) is 18.9 Å². The number of rotatable bonds is 6. The smallest absolute Gasteiger partial charge is 0.280 e. The first-order valence-corrected chi connectivity index (χ1v) is 9.03. The van der Waals surface area contributed by atoms with Crippen molar-refractivity contribution >= 4 is 21.4 Å². The molecule has 0 aromatic heterocycles. The molecule has 1 fully saturated rings. The number of nitrogens with one attached hydrogen (secondary N) is 1. The second kappa shape index (κ2) is 7.20. The van der Waals surface area contributed by atoms with Crippen LogP contribution in [0, 0.1) is 20.2 Å². The van der Waals surface area contributed by atoms with Crippen LogP contribution in [0.3, 0.4) is 0 Å². The largest absolute Gasteiger partial charge is 0.326 e. The lowest BCUT2D eigenvalue weighted by Gasteiger charge is -2.28. The van der Waals surface area contributed by atoms with Crippen LogP contribution >= 0.6 is 0 Å². The molecule has 2 rings (SSSR count). The van der Waals surface area contributed by atoms with Crippen LogP contribution in [-0.4, -0.2) is 30.3 Å². The Balaban J connectivity index is 2.31. The van der Waals surface area contributed by atoms with Crippen LogP contribution < -0.4 is 10.5 Å². The number of nitrogens with two attached hydrogens (primary N) is 1. The van der Waals surface area contributed by atoms with Crippen LogP contribution in [0.2, 0.25) is 0 Å². The van der Waals surface area contributed by atoms with Crippen LogP contribution in [0.15, 0.2) is 18.2 Å². The zero-order valence-corrected chi connectivity index (χ0v) is 13.6. The molecule has 2 unspecified atom stereocenters. The van der Waals surface area contributed by atoms with Gasteiger partial charge < -0.3 is 5.73 Å². The SMILES string of the molecule is NC1CCCCC1NS(=O)(=O)Cc1c([N+](=O)[O-])cccc1[N+](=O)[O-]. The van der Waals surface area contributed by atoms with Crippen LogP contribution in [0.4, 0.5) is 11.4 Å². The van der Waals surface area contributed by atoms with Gasteiger partial charge in [-0.25, -0.2) is 13.1 Å². The summed E-state index contributed by atoms with van der Waals surface area (Å²) in [7, 11) is -4.02. The third-order valence-corrected chi connectivity index (χ3v) is 5.34. The van der Waals surface area contributed by atoms with E-state index in [2.05, 4.69) is 4.72 Å². The molecule has 10 nitrogen and oxygen atoms in total. The first-order chi connectivity index (χ1) is 11.2. The summed E-state index contributed by atoms with van der Waals surface area (Å²) >= 11 is 0. The Bertz CT molecular complexity index is 719. The van der Waals surface area contributed by atoms with Crippen LogP contribution in [0.5, 0.6) is 0 Å². The summed E-state index contributed by atoms with van der Waals surface area (Å²) in [5.41, 5.74) is 4.26. The normalized spacial score (nSPS) is 21.4. The first-order valence-electron chi connectivity index (χ1n) is 7.37. The number of benzene rings is 1. The fraction of sp³-hybridized carbons (Fsp3) is 0.538. The van der Waals surface area contributed by atoms with Gasteiger partial charge in [-0.1, -0.05) is 12.8 Å². The van der Waals surface area contributed by atoms with Gasteiger partial charge in [0.1, 0.15) is 11.3 Å². The van der Waals surface area contributed by atoms with E-state index in [1.165, 1.54) is 0 Å². The molecule has 1 aliphatic rings. The standard InChI is InChI=1S/C13H18N4O6S/c14-10-4-1-2-5-11(10)15-24(22,23)8-9-12(16(18)19)6-3-7-13(9)17(20)21/h3,6-7,10-11,15H,1-2,4-5,8,14H2. The van der Waals surface area contributed by atoms with Gasteiger partial charge in [0.2, 0.25) is 10.0 Å². The summed E-state index contributed by atoms with van der Waals surface area (Å²) in [5.74, 6) is -0.844. The van der Waals surface area contributed by atoms with Gasteiger partial charge in [-0.2, -0.15) is 0 Å². The van der Waals surface area contributed by atoms with Crippen molar-refractivity contribution < 1.29 is 18.3 Å². The molecule has 0 radical (unpaired) electrons. The predicted octanol–water partition coefficient (Wildman–Crippen LogP) is 1.19. The van der Waals surface area contributed by atoms with E-state index in [9.17, 15) is 28.6 Å². The number of nitro groups is 2. The maximum atomic E-state index is 12.4. The zero-order valence-electron chi connectivity index (χ0n) is 12.8. The van der Waals surface area contributed by atoms with Gasteiger partial charge in [0, 0.05) is 24.2 Å². The van der Waals surface area contributed by atoms with Crippen molar-refractivity contribution in [1.82, 2.24) is 4.72 Å². The lowest BCUT2D eigenvalue weighted by Crippen LogP contribution is -2.49. The van der Waals surface area contributed by atoms with Crippen molar-refractivity contribution in [2.24, 2.45) is 5.73 Å². The number of nitro benzene ring substituents is 2. The van der Waals surface area contributed by atoms with E-state index in [1.807, 2.05) is 0 Å². The molecule has 0 amide bonds. The second-order valence-electron chi connectivity index (χ2n) is 5.72. The molecule has 2 atom stereocenters. The summed E-state index contributed by atoms with van der Waals surface area (Å²) in [6.07, 6.45) is 2.99. The van der Waals surface area contributed by atoms with Crippen molar-refractivity contribution in [3.63, 3.8) is 0 Å². The predicted molar refractivity (Wildman–Crippen MR) is 85.7 cm³/mol. The number of hydrogen-bond acceptors (Lipinski definition) is 7. The number of nitrogens with zero attached hydrogens (tertiary/aromatic N) is 2. The highest BCUT2D eigenvalue weighted by molar-refractivity contribution is 7.88. The van der Waals surface area contributed by atoms with E-state index < -0.39 is 48.6 Å². The molecule has 24 heavy (non-hydrogen) atoms. The Morgan fingerprint density at radius 2 is 1.67 bits per heavy atom. The highest BCUT2D eigenvalue weighted by Crippen LogP contribution is 2.30. The minimum Gasteiger partial charge on any atom is -0.326 e. The lowest BCUT2D eigenvalue weighted by molar-refractivity contribution is -0.395. The molecular formula is C13H18N4O6S. The molecule has 0 heterocycles. The molecule has 0 bridgehead atoms. The van der Waals surface area contributed by atoms with E-state index >= 15 is 0 Å². The first kappa shape index (κ1) is 18.2. The van der Waals surface area contributed by atoms with E-state index in [0.717, 1.165) is 31.0 Å². The monoisotopic (exact) mass is 358 g/mol. The molecule has 0 aliphatic heterocycles. The molecule has 1 saturated carbocycles. The Labute approximate surface area is 138 Å². The Kier molecular flexibility index (Phi) is 5.47. The quantitative estimate of drug-likeness (QED) is 0.570. The van der Waals surface area contributed by atoms with Gasteiger partial charge in [0.05, 0.1) is 9.85 Å². The Morgan fingerprint density at radius 1 is 1.12 bits per heavy atom. The molecule has 1 aromatic carbocycles. The maximum Gasteiger partial charge on any atom is 0.280 e. The van der Waals surface area contributed by atoms with Gasteiger partial charge in [0.15, 0.2) is 0 Å². The summed E-state index contributed by atoms with van der Waals surface area (Å²) in [5, 5.41) is 22.1. The molecule has 1 aromatic rings. The molecule has 0 spiro atoms. The van der Waals surface area contributed by atoms with Crippen LogP contribution in [0.25, 0.3) is 0 Å². The summed E-state index contributed by atoms with van der Waals surface area (Å²) in [4.78, 5) is 20.5. The summed E-state index contributed by atoms with van der Waals surface area (Å²) in [6.45, 7) is 0. The fourth-order valence-corrected chi connectivity index (χ4v) is 4.33. The summed E-state index contributed by atoms with van der Waals surface area (Å²) < 4.78 is 27.1. The van der Waals surface area contributed by atoms with Crippen molar-refractivity contribution in [3.8, 4) is 0 Å². The average molecular weight is 358 g/mol. The molecule has 132 valence electrons.